The second kappa shape index (κ2) is 5.24. The Balaban J connectivity index is 1.92. The fourth-order valence-electron chi connectivity index (χ4n) is 2.61. The summed E-state index contributed by atoms with van der Waals surface area (Å²) in [4.78, 5) is 18.8. The summed E-state index contributed by atoms with van der Waals surface area (Å²) in [7, 11) is 0. The second-order valence-corrected chi connectivity index (χ2v) is 5.81. The lowest BCUT2D eigenvalue weighted by Gasteiger charge is -2.15. The summed E-state index contributed by atoms with van der Waals surface area (Å²) in [6.07, 6.45) is 3.75. The Morgan fingerprint density at radius 3 is 2.41 bits per heavy atom. The molecule has 2 aromatic carbocycles. The Labute approximate surface area is 132 Å². The minimum atomic E-state index is -0.0206. The van der Waals surface area contributed by atoms with Gasteiger partial charge in [-0.3, -0.25) is 9.69 Å². The molecule has 4 heteroatoms. The van der Waals surface area contributed by atoms with Crippen molar-refractivity contribution in [1.82, 2.24) is 4.98 Å². The molecule has 2 heterocycles. The summed E-state index contributed by atoms with van der Waals surface area (Å²) in [6.45, 7) is 0. The number of carbonyl (C=O) groups excluding carboxylic acids is 1. The Kier molecular flexibility index (Phi) is 3.09. The predicted molar refractivity (Wildman–Crippen MR) is 89.7 cm³/mol. The second-order valence-electron chi connectivity index (χ2n) is 4.94. The van der Waals surface area contributed by atoms with Crippen LogP contribution in [0.3, 0.4) is 0 Å². The monoisotopic (exact) mass is 304 g/mol. The molecule has 0 unspecified atom stereocenters. The van der Waals surface area contributed by atoms with Gasteiger partial charge in [0.25, 0.3) is 5.91 Å². The SMILES string of the molecule is O=C1c2ccccc2C(=Cc2ccccc2)N1c1nccs1. The molecule has 4 rings (SSSR count). The lowest BCUT2D eigenvalue weighted by Crippen LogP contribution is -2.22. The van der Waals surface area contributed by atoms with E-state index in [1.807, 2.05) is 66.1 Å². The van der Waals surface area contributed by atoms with Gasteiger partial charge in [0.2, 0.25) is 0 Å². The number of anilines is 1. The summed E-state index contributed by atoms with van der Waals surface area (Å²) in [5.74, 6) is -0.0206. The Bertz CT molecular complexity index is 854. The van der Waals surface area contributed by atoms with Gasteiger partial charge in [-0.1, -0.05) is 48.5 Å². The number of thiazole rings is 1. The highest BCUT2D eigenvalue weighted by atomic mass is 32.1. The van der Waals surface area contributed by atoms with Gasteiger partial charge in [0.05, 0.1) is 5.70 Å². The van der Waals surface area contributed by atoms with Crippen molar-refractivity contribution in [2.24, 2.45) is 0 Å². The normalized spacial score (nSPS) is 15.4. The van der Waals surface area contributed by atoms with Gasteiger partial charge in [0, 0.05) is 22.7 Å². The third-order valence-corrected chi connectivity index (χ3v) is 4.35. The molecule has 3 nitrogen and oxygen atoms in total. The molecule has 1 aliphatic rings. The van der Waals surface area contributed by atoms with Crippen LogP contribution in [-0.4, -0.2) is 10.9 Å². The van der Waals surface area contributed by atoms with Crippen molar-refractivity contribution in [3.05, 3.63) is 82.9 Å². The number of hydrogen-bond donors (Lipinski definition) is 0. The first-order chi connectivity index (χ1) is 10.8. The number of nitrogens with zero attached hydrogens (tertiary/aromatic N) is 2. The Morgan fingerprint density at radius 1 is 0.955 bits per heavy atom. The minimum Gasteiger partial charge on any atom is -0.268 e. The van der Waals surface area contributed by atoms with Crippen molar-refractivity contribution in [3.63, 3.8) is 0 Å². The largest absolute Gasteiger partial charge is 0.268 e. The molecule has 1 aliphatic heterocycles. The van der Waals surface area contributed by atoms with Crippen molar-refractivity contribution in [3.8, 4) is 0 Å². The van der Waals surface area contributed by atoms with Gasteiger partial charge >= 0.3 is 0 Å². The van der Waals surface area contributed by atoms with Gasteiger partial charge in [-0.15, -0.1) is 11.3 Å². The number of aromatic nitrogens is 1. The average molecular weight is 304 g/mol. The van der Waals surface area contributed by atoms with Crippen LogP contribution in [0.25, 0.3) is 11.8 Å². The first kappa shape index (κ1) is 13.0. The highest BCUT2D eigenvalue weighted by molar-refractivity contribution is 7.14. The van der Waals surface area contributed by atoms with Crippen LogP contribution >= 0.6 is 11.3 Å². The molecule has 0 saturated carbocycles. The highest BCUT2D eigenvalue weighted by Gasteiger charge is 2.34. The topological polar surface area (TPSA) is 33.2 Å². The molecule has 0 fully saturated rings. The zero-order chi connectivity index (χ0) is 14.9. The van der Waals surface area contributed by atoms with Crippen molar-refractivity contribution in [2.45, 2.75) is 0 Å². The summed E-state index contributed by atoms with van der Waals surface area (Å²) < 4.78 is 0. The maximum absolute atomic E-state index is 12.7. The molecule has 22 heavy (non-hydrogen) atoms. The standard InChI is InChI=1S/C18H12N2OS/c21-17-15-9-5-4-8-14(15)16(12-13-6-2-1-3-7-13)20(17)18-19-10-11-22-18/h1-12H. The van der Waals surface area contributed by atoms with Crippen LogP contribution in [0.15, 0.2) is 66.2 Å². The molecular weight excluding hydrogens is 292 g/mol. The van der Waals surface area contributed by atoms with E-state index in [1.165, 1.54) is 11.3 Å². The van der Waals surface area contributed by atoms with E-state index in [9.17, 15) is 4.79 Å². The van der Waals surface area contributed by atoms with E-state index in [2.05, 4.69) is 4.98 Å². The maximum Gasteiger partial charge on any atom is 0.265 e. The van der Waals surface area contributed by atoms with Crippen molar-refractivity contribution in [2.75, 3.05) is 4.90 Å². The average Bonchev–Trinajstić information content (AvgIpc) is 3.17. The molecule has 3 aromatic rings. The summed E-state index contributed by atoms with van der Waals surface area (Å²) in [5, 5.41) is 2.58. The van der Waals surface area contributed by atoms with Crippen LogP contribution in [0.1, 0.15) is 21.5 Å². The number of fused-ring (bicyclic) bond motifs is 1. The van der Waals surface area contributed by atoms with Crippen molar-refractivity contribution < 1.29 is 4.79 Å². The number of hydrogen-bond acceptors (Lipinski definition) is 3. The van der Waals surface area contributed by atoms with Crippen LogP contribution in [0.2, 0.25) is 0 Å². The van der Waals surface area contributed by atoms with E-state index in [0.29, 0.717) is 5.13 Å². The molecule has 1 aromatic heterocycles. The zero-order valence-corrected chi connectivity index (χ0v) is 12.5. The van der Waals surface area contributed by atoms with Gasteiger partial charge in [-0.2, -0.15) is 0 Å². The minimum absolute atomic E-state index is 0.0206. The number of carbonyl (C=O) groups is 1. The first-order valence-electron chi connectivity index (χ1n) is 6.95. The predicted octanol–water partition coefficient (Wildman–Crippen LogP) is 4.30. The van der Waals surface area contributed by atoms with Gasteiger partial charge in [-0.05, 0) is 17.7 Å². The quantitative estimate of drug-likeness (QED) is 0.707. The highest BCUT2D eigenvalue weighted by Crippen LogP contribution is 2.38. The molecule has 106 valence electrons. The Hall–Kier alpha value is -2.72. The van der Waals surface area contributed by atoms with E-state index in [-0.39, 0.29) is 5.91 Å². The van der Waals surface area contributed by atoms with E-state index in [1.54, 1.807) is 11.1 Å². The molecule has 0 radical (unpaired) electrons. The van der Waals surface area contributed by atoms with E-state index < -0.39 is 0 Å². The van der Waals surface area contributed by atoms with Crippen LogP contribution in [0, 0.1) is 0 Å². The number of benzene rings is 2. The number of amides is 1. The molecular formula is C18H12N2OS. The van der Waals surface area contributed by atoms with Crippen molar-refractivity contribution in [1.29, 1.82) is 0 Å². The fraction of sp³-hybridized carbons (Fsp3) is 0. The van der Waals surface area contributed by atoms with E-state index in [4.69, 9.17) is 0 Å². The van der Waals surface area contributed by atoms with Crippen LogP contribution < -0.4 is 4.90 Å². The lowest BCUT2D eigenvalue weighted by atomic mass is 10.1. The van der Waals surface area contributed by atoms with Gasteiger partial charge < -0.3 is 0 Å². The molecule has 0 aliphatic carbocycles. The molecule has 0 spiro atoms. The molecule has 0 saturated heterocycles. The third-order valence-electron chi connectivity index (χ3n) is 3.59. The summed E-state index contributed by atoms with van der Waals surface area (Å²) in [6, 6.07) is 17.7. The van der Waals surface area contributed by atoms with Gasteiger partial charge in [-0.25, -0.2) is 4.98 Å². The van der Waals surface area contributed by atoms with Crippen molar-refractivity contribution >= 4 is 34.1 Å². The molecule has 0 bridgehead atoms. The Morgan fingerprint density at radius 2 is 1.68 bits per heavy atom. The van der Waals surface area contributed by atoms with Gasteiger partial charge in [0.1, 0.15) is 0 Å². The third kappa shape index (κ3) is 2.05. The maximum atomic E-state index is 12.7. The first-order valence-corrected chi connectivity index (χ1v) is 7.82. The van der Waals surface area contributed by atoms with Crippen LogP contribution in [-0.2, 0) is 0 Å². The van der Waals surface area contributed by atoms with E-state index >= 15 is 0 Å². The summed E-state index contributed by atoms with van der Waals surface area (Å²) in [5.41, 5.74) is 3.61. The molecule has 0 N–H and O–H groups in total. The smallest absolute Gasteiger partial charge is 0.265 e. The fourth-order valence-corrected chi connectivity index (χ4v) is 3.26. The number of rotatable bonds is 2. The van der Waals surface area contributed by atoms with Crippen LogP contribution in [0.5, 0.6) is 0 Å². The van der Waals surface area contributed by atoms with E-state index in [0.717, 1.165) is 22.4 Å². The molecule has 1 amide bonds. The lowest BCUT2D eigenvalue weighted by molar-refractivity contribution is 0.101. The molecule has 0 atom stereocenters. The van der Waals surface area contributed by atoms with Gasteiger partial charge in [0.15, 0.2) is 5.13 Å². The zero-order valence-electron chi connectivity index (χ0n) is 11.6. The van der Waals surface area contributed by atoms with Crippen LogP contribution in [0.4, 0.5) is 5.13 Å². The summed E-state index contributed by atoms with van der Waals surface area (Å²) >= 11 is 1.46.